The SMILES string of the molecule is N#CC1=C(C#N)NC2C(=N1)c1nc(C#N)c(C#N)nc1C1NC(C#N)=C(C#N)N=C21. The number of hydrogen-bond acceptors (Lipinski definition) is 12. The number of nitrogens with zero attached hydrogens (tertiary/aromatic N) is 10. The smallest absolute Gasteiger partial charge is 0.177 e. The Morgan fingerprint density at radius 3 is 1.77 bits per heavy atom. The molecule has 136 valence electrons. The Kier molecular flexibility index (Phi) is 3.90. The van der Waals surface area contributed by atoms with Gasteiger partial charge in [-0.25, -0.2) is 20.0 Å². The van der Waals surface area contributed by atoms with Crippen LogP contribution in [0.4, 0.5) is 0 Å². The zero-order valence-electron chi connectivity index (χ0n) is 14.6. The van der Waals surface area contributed by atoms with Gasteiger partial charge in [-0.1, -0.05) is 0 Å². The Balaban J connectivity index is 2.07. The van der Waals surface area contributed by atoms with E-state index < -0.39 is 12.1 Å². The van der Waals surface area contributed by atoms with Gasteiger partial charge in [0.1, 0.15) is 54.2 Å². The van der Waals surface area contributed by atoms with E-state index in [9.17, 15) is 31.6 Å². The summed E-state index contributed by atoms with van der Waals surface area (Å²) in [7, 11) is 0. The molecule has 2 aliphatic heterocycles. The lowest BCUT2D eigenvalue weighted by Crippen LogP contribution is -2.55. The molecule has 0 saturated carbocycles. The summed E-state index contributed by atoms with van der Waals surface area (Å²) in [6.07, 6.45) is 0. The van der Waals surface area contributed by atoms with Crippen molar-refractivity contribution in [2.75, 3.05) is 0 Å². The summed E-state index contributed by atoms with van der Waals surface area (Å²) >= 11 is 0. The largest absolute Gasteiger partial charge is 0.361 e. The van der Waals surface area contributed by atoms with Gasteiger partial charge in [0.2, 0.25) is 0 Å². The van der Waals surface area contributed by atoms with Gasteiger partial charge in [-0.3, -0.25) is 0 Å². The van der Waals surface area contributed by atoms with Crippen LogP contribution in [0.5, 0.6) is 0 Å². The molecule has 0 radical (unpaired) electrons. The fourth-order valence-electron chi connectivity index (χ4n) is 3.23. The molecule has 2 atom stereocenters. The molecule has 1 aromatic heterocycles. The van der Waals surface area contributed by atoms with Crippen molar-refractivity contribution in [2.45, 2.75) is 12.1 Å². The average Bonchev–Trinajstić information content (AvgIpc) is 2.81. The van der Waals surface area contributed by atoms with Crippen LogP contribution in [-0.4, -0.2) is 27.4 Å². The Morgan fingerprint density at radius 1 is 0.633 bits per heavy atom. The number of aromatic nitrogens is 2. The number of hydrogen-bond donors (Lipinski definition) is 2. The minimum Gasteiger partial charge on any atom is -0.361 e. The lowest BCUT2D eigenvalue weighted by Gasteiger charge is -2.37. The minimum atomic E-state index is -0.876. The van der Waals surface area contributed by atoms with E-state index in [1.165, 1.54) is 0 Å². The third kappa shape index (κ3) is 2.34. The summed E-state index contributed by atoms with van der Waals surface area (Å²) in [5.74, 6) is 0. The van der Waals surface area contributed by atoms with Gasteiger partial charge < -0.3 is 10.6 Å². The normalized spacial score (nSPS) is 20.5. The van der Waals surface area contributed by atoms with Gasteiger partial charge in [0.05, 0.1) is 17.1 Å². The van der Waals surface area contributed by atoms with Crippen LogP contribution in [0.25, 0.3) is 0 Å². The summed E-state index contributed by atoms with van der Waals surface area (Å²) < 4.78 is 0. The van der Waals surface area contributed by atoms with Gasteiger partial charge in [0.25, 0.3) is 0 Å². The second-order valence-electron chi connectivity index (χ2n) is 5.96. The number of nitrogens with one attached hydrogen (secondary N) is 2. The third-order valence-electron chi connectivity index (χ3n) is 4.48. The van der Waals surface area contributed by atoms with E-state index in [-0.39, 0.29) is 57.0 Å². The Bertz CT molecular complexity index is 1410. The second-order valence-corrected chi connectivity index (χ2v) is 5.96. The first-order chi connectivity index (χ1) is 14.6. The summed E-state index contributed by atoms with van der Waals surface area (Å²) in [6, 6.07) is 9.15. The highest BCUT2D eigenvalue weighted by Gasteiger charge is 2.45. The Hall–Kier alpha value is -5.56. The molecule has 3 aliphatic rings. The van der Waals surface area contributed by atoms with E-state index >= 15 is 0 Å². The van der Waals surface area contributed by atoms with Crippen molar-refractivity contribution in [1.82, 2.24) is 20.6 Å². The van der Waals surface area contributed by atoms with E-state index in [1.54, 1.807) is 12.1 Å². The minimum absolute atomic E-state index is 0.105. The van der Waals surface area contributed by atoms with Crippen molar-refractivity contribution >= 4 is 11.4 Å². The molecule has 30 heavy (non-hydrogen) atoms. The van der Waals surface area contributed by atoms with E-state index in [1.807, 2.05) is 24.3 Å². The van der Waals surface area contributed by atoms with E-state index in [4.69, 9.17) is 0 Å². The summed E-state index contributed by atoms with van der Waals surface area (Å²) in [5, 5.41) is 61.7. The average molecular weight is 388 g/mol. The highest BCUT2D eigenvalue weighted by molar-refractivity contribution is 6.24. The molecule has 2 N–H and O–H groups in total. The number of rotatable bonds is 0. The van der Waals surface area contributed by atoms with Crippen molar-refractivity contribution in [1.29, 1.82) is 31.6 Å². The molecule has 0 spiro atoms. The highest BCUT2D eigenvalue weighted by atomic mass is 15.1. The second kappa shape index (κ2) is 6.55. The molecule has 0 fully saturated rings. The molecular formula is C18H4N12. The molecule has 12 heteroatoms. The first-order valence-electron chi connectivity index (χ1n) is 8.11. The van der Waals surface area contributed by atoms with Crippen LogP contribution < -0.4 is 10.6 Å². The molecule has 4 rings (SSSR count). The van der Waals surface area contributed by atoms with Gasteiger partial charge in [0.15, 0.2) is 34.2 Å². The predicted octanol–water partition coefficient (Wildman–Crippen LogP) is -0.403. The van der Waals surface area contributed by atoms with Crippen LogP contribution in [0.3, 0.4) is 0 Å². The van der Waals surface area contributed by atoms with Crippen molar-refractivity contribution in [2.24, 2.45) is 9.98 Å². The summed E-state index contributed by atoms with van der Waals surface area (Å²) in [6.45, 7) is 0. The molecule has 0 saturated heterocycles. The molecule has 1 aromatic rings. The fourth-order valence-corrected chi connectivity index (χ4v) is 3.23. The fraction of sp³-hybridized carbons (Fsp3) is 0.111. The lowest BCUT2D eigenvalue weighted by molar-refractivity contribution is 0.662. The Morgan fingerprint density at radius 2 is 1.20 bits per heavy atom. The van der Waals surface area contributed by atoms with Crippen LogP contribution in [0.15, 0.2) is 32.8 Å². The molecule has 0 amide bonds. The topological polar surface area (TPSA) is 217 Å². The lowest BCUT2D eigenvalue weighted by atomic mass is 9.84. The summed E-state index contributed by atoms with van der Waals surface area (Å²) in [4.78, 5) is 16.9. The standard InChI is InChI=1S/C18H4N12/c19-1-7-8(2-20)26-14-13(25-7)15-17(29-10(4-22)9(3-21)27-15)18-16(14)28-11(5-23)12(6-24)30-18/h13,16,25,28H. The van der Waals surface area contributed by atoms with Gasteiger partial charge in [-0.15, -0.1) is 0 Å². The predicted molar refractivity (Wildman–Crippen MR) is 94.7 cm³/mol. The zero-order chi connectivity index (χ0) is 21.4. The zero-order valence-corrected chi connectivity index (χ0v) is 14.6. The molecular weight excluding hydrogens is 384 g/mol. The number of nitriles is 6. The molecule has 2 unspecified atom stereocenters. The van der Waals surface area contributed by atoms with Gasteiger partial charge >= 0.3 is 0 Å². The first-order valence-corrected chi connectivity index (χ1v) is 8.11. The summed E-state index contributed by atoms with van der Waals surface area (Å²) in [5.41, 5.74) is -0.379. The van der Waals surface area contributed by atoms with Crippen LogP contribution >= 0.6 is 0 Å². The molecule has 0 aromatic carbocycles. The van der Waals surface area contributed by atoms with Crippen molar-refractivity contribution in [3.63, 3.8) is 0 Å². The number of fused-ring (bicyclic) bond motifs is 6. The molecule has 12 nitrogen and oxygen atoms in total. The first kappa shape index (κ1) is 17.8. The van der Waals surface area contributed by atoms with Crippen LogP contribution in [0, 0.1) is 68.0 Å². The Labute approximate surface area is 168 Å². The van der Waals surface area contributed by atoms with E-state index in [0.29, 0.717) is 0 Å². The van der Waals surface area contributed by atoms with Crippen LogP contribution in [0.1, 0.15) is 28.8 Å². The quantitative estimate of drug-likeness (QED) is 0.585. The highest BCUT2D eigenvalue weighted by Crippen LogP contribution is 2.34. The maximum Gasteiger partial charge on any atom is 0.177 e. The van der Waals surface area contributed by atoms with E-state index in [0.717, 1.165) is 0 Å². The van der Waals surface area contributed by atoms with Crippen molar-refractivity contribution in [3.8, 4) is 36.4 Å². The monoisotopic (exact) mass is 388 g/mol. The van der Waals surface area contributed by atoms with E-state index in [2.05, 4.69) is 30.6 Å². The van der Waals surface area contributed by atoms with Crippen LogP contribution in [-0.2, 0) is 0 Å². The van der Waals surface area contributed by atoms with Gasteiger partial charge in [-0.2, -0.15) is 31.6 Å². The number of aliphatic imine (C=N–C) groups is 2. The third-order valence-corrected chi connectivity index (χ3v) is 4.48. The van der Waals surface area contributed by atoms with Gasteiger partial charge in [0, 0.05) is 0 Å². The van der Waals surface area contributed by atoms with Crippen molar-refractivity contribution in [3.05, 3.63) is 45.6 Å². The van der Waals surface area contributed by atoms with Crippen molar-refractivity contribution < 1.29 is 0 Å². The molecule has 0 bridgehead atoms. The molecule has 3 heterocycles. The van der Waals surface area contributed by atoms with Crippen LogP contribution in [0.2, 0.25) is 0 Å². The maximum absolute atomic E-state index is 9.34. The molecule has 1 aliphatic carbocycles. The number of allylic oxidation sites excluding steroid dienone is 4. The maximum atomic E-state index is 9.34. The van der Waals surface area contributed by atoms with Gasteiger partial charge in [-0.05, 0) is 0 Å².